The summed E-state index contributed by atoms with van der Waals surface area (Å²) in [7, 11) is 0. The fourth-order valence-electron chi connectivity index (χ4n) is 1.42. The molecular weight excluding hydrogens is 291 g/mol. The highest BCUT2D eigenvalue weighted by Gasteiger charge is 2.25. The maximum Gasteiger partial charge on any atom is 0.389 e. The summed E-state index contributed by atoms with van der Waals surface area (Å²) in [6.45, 7) is -0.101. The third-order valence-corrected chi connectivity index (χ3v) is 2.34. The van der Waals surface area contributed by atoms with Crippen molar-refractivity contribution in [3.05, 3.63) is 24.0 Å². The Hall–Kier alpha value is -2.32. The second-order valence-corrected chi connectivity index (χ2v) is 4.21. The number of carboxylic acids is 1. The van der Waals surface area contributed by atoms with E-state index in [0.717, 1.165) is 0 Å². The molecule has 1 aromatic heterocycles. The summed E-state index contributed by atoms with van der Waals surface area (Å²) < 4.78 is 35.6. The molecule has 9 heteroatoms. The van der Waals surface area contributed by atoms with Gasteiger partial charge in [0.05, 0.1) is 24.0 Å². The standard InChI is InChI=1S/C12H14F3N3O3/c13-12(14,15)4-1-5-16-11(21)18-9-3-2-8(17-7-9)6-10(19)20/h2-3,7H,1,4-6H2,(H,19,20)(H2,16,18,21). The van der Waals surface area contributed by atoms with Crippen LogP contribution < -0.4 is 10.6 Å². The summed E-state index contributed by atoms with van der Waals surface area (Å²) in [5, 5.41) is 13.2. The van der Waals surface area contributed by atoms with Crippen molar-refractivity contribution in [3.63, 3.8) is 0 Å². The number of carboxylic acid groups (broad SMARTS) is 1. The monoisotopic (exact) mass is 305 g/mol. The summed E-state index contributed by atoms with van der Waals surface area (Å²) in [6, 6.07) is 2.25. The number of halogens is 3. The van der Waals surface area contributed by atoms with Crippen LogP contribution >= 0.6 is 0 Å². The van der Waals surface area contributed by atoms with Crippen LogP contribution in [0.5, 0.6) is 0 Å². The number of hydrogen-bond acceptors (Lipinski definition) is 3. The molecule has 0 fully saturated rings. The molecule has 0 spiro atoms. The fraction of sp³-hybridized carbons (Fsp3) is 0.417. The lowest BCUT2D eigenvalue weighted by Crippen LogP contribution is -2.30. The number of aromatic nitrogens is 1. The molecule has 2 amide bonds. The number of aliphatic carboxylic acids is 1. The van der Waals surface area contributed by atoms with Gasteiger partial charge in [0.2, 0.25) is 0 Å². The molecule has 3 N–H and O–H groups in total. The third-order valence-electron chi connectivity index (χ3n) is 2.34. The Balaban J connectivity index is 2.32. The van der Waals surface area contributed by atoms with Crippen molar-refractivity contribution in [3.8, 4) is 0 Å². The molecule has 0 unspecified atom stereocenters. The normalized spacial score (nSPS) is 11.0. The molecule has 0 atom stereocenters. The lowest BCUT2D eigenvalue weighted by Gasteiger charge is -2.09. The van der Waals surface area contributed by atoms with E-state index in [0.29, 0.717) is 11.4 Å². The van der Waals surface area contributed by atoms with Crippen LogP contribution in [-0.2, 0) is 11.2 Å². The van der Waals surface area contributed by atoms with Crippen LogP contribution in [0.15, 0.2) is 18.3 Å². The Morgan fingerprint density at radius 1 is 1.29 bits per heavy atom. The van der Waals surface area contributed by atoms with Crippen LogP contribution in [0, 0.1) is 0 Å². The van der Waals surface area contributed by atoms with Crippen molar-refractivity contribution in [2.45, 2.75) is 25.4 Å². The van der Waals surface area contributed by atoms with E-state index in [4.69, 9.17) is 5.11 Å². The van der Waals surface area contributed by atoms with Gasteiger partial charge in [-0.1, -0.05) is 0 Å². The number of hydrogen-bond donors (Lipinski definition) is 3. The quantitative estimate of drug-likeness (QED) is 0.702. The number of rotatable bonds is 6. The van der Waals surface area contributed by atoms with E-state index in [-0.39, 0.29) is 19.4 Å². The van der Waals surface area contributed by atoms with Crippen LogP contribution in [0.1, 0.15) is 18.5 Å². The lowest BCUT2D eigenvalue weighted by atomic mass is 10.2. The predicted molar refractivity (Wildman–Crippen MR) is 67.9 cm³/mol. The Morgan fingerprint density at radius 3 is 2.52 bits per heavy atom. The molecule has 1 rings (SSSR count). The van der Waals surface area contributed by atoms with Gasteiger partial charge in [-0.25, -0.2) is 4.79 Å². The zero-order valence-corrected chi connectivity index (χ0v) is 10.9. The van der Waals surface area contributed by atoms with E-state index in [1.54, 1.807) is 0 Å². The van der Waals surface area contributed by atoms with Crippen molar-refractivity contribution in [2.24, 2.45) is 0 Å². The topological polar surface area (TPSA) is 91.3 Å². The zero-order chi connectivity index (χ0) is 15.9. The Morgan fingerprint density at radius 2 is 2.00 bits per heavy atom. The van der Waals surface area contributed by atoms with Crippen LogP contribution in [0.4, 0.5) is 23.7 Å². The van der Waals surface area contributed by atoms with E-state index in [1.807, 2.05) is 0 Å². The minimum Gasteiger partial charge on any atom is -0.481 e. The molecule has 0 aromatic carbocycles. The molecule has 0 bridgehead atoms. The summed E-state index contributed by atoms with van der Waals surface area (Å²) in [5.41, 5.74) is 0.649. The van der Waals surface area contributed by atoms with Gasteiger partial charge in [-0.15, -0.1) is 0 Å². The predicted octanol–water partition coefficient (Wildman–Crippen LogP) is 2.17. The summed E-state index contributed by atoms with van der Waals surface area (Å²) in [4.78, 5) is 25.7. The SMILES string of the molecule is O=C(O)Cc1ccc(NC(=O)NCCCC(F)(F)F)cn1. The van der Waals surface area contributed by atoms with Gasteiger partial charge in [-0.2, -0.15) is 13.2 Å². The van der Waals surface area contributed by atoms with Gasteiger partial charge < -0.3 is 15.7 Å². The van der Waals surface area contributed by atoms with Crippen LogP contribution in [0.2, 0.25) is 0 Å². The van der Waals surface area contributed by atoms with Gasteiger partial charge in [-0.3, -0.25) is 9.78 Å². The molecule has 0 aliphatic carbocycles. The Bertz CT molecular complexity index is 489. The second-order valence-electron chi connectivity index (χ2n) is 4.21. The average Bonchev–Trinajstić information content (AvgIpc) is 2.35. The van der Waals surface area contributed by atoms with Crippen molar-refractivity contribution >= 4 is 17.7 Å². The van der Waals surface area contributed by atoms with Crippen molar-refractivity contribution in [1.29, 1.82) is 0 Å². The average molecular weight is 305 g/mol. The molecule has 0 aliphatic rings. The highest BCUT2D eigenvalue weighted by atomic mass is 19.4. The number of urea groups is 1. The maximum absolute atomic E-state index is 11.9. The number of carbonyl (C=O) groups is 2. The molecule has 21 heavy (non-hydrogen) atoms. The van der Waals surface area contributed by atoms with Crippen molar-refractivity contribution in [2.75, 3.05) is 11.9 Å². The maximum atomic E-state index is 11.9. The minimum atomic E-state index is -4.23. The number of amides is 2. The first-order valence-corrected chi connectivity index (χ1v) is 6.04. The zero-order valence-electron chi connectivity index (χ0n) is 10.9. The molecule has 0 radical (unpaired) electrons. The van der Waals surface area contributed by atoms with Gasteiger partial charge in [0.15, 0.2) is 0 Å². The first kappa shape index (κ1) is 16.7. The first-order chi connectivity index (χ1) is 9.76. The minimum absolute atomic E-state index is 0.101. The van der Waals surface area contributed by atoms with Crippen LogP contribution in [0.25, 0.3) is 0 Å². The fourth-order valence-corrected chi connectivity index (χ4v) is 1.42. The van der Waals surface area contributed by atoms with Crippen LogP contribution in [0.3, 0.4) is 0 Å². The van der Waals surface area contributed by atoms with E-state index in [1.165, 1.54) is 18.3 Å². The number of anilines is 1. The number of nitrogens with zero attached hydrogens (tertiary/aromatic N) is 1. The number of nitrogens with one attached hydrogen (secondary N) is 2. The Kier molecular flexibility index (Phi) is 5.94. The largest absolute Gasteiger partial charge is 0.481 e. The lowest BCUT2D eigenvalue weighted by molar-refractivity contribution is -0.136. The molecule has 1 heterocycles. The van der Waals surface area contributed by atoms with Crippen molar-refractivity contribution < 1.29 is 27.9 Å². The van der Waals surface area contributed by atoms with Gasteiger partial charge in [0, 0.05) is 13.0 Å². The highest BCUT2D eigenvalue weighted by molar-refractivity contribution is 5.88. The van der Waals surface area contributed by atoms with Gasteiger partial charge in [0.25, 0.3) is 0 Å². The molecule has 116 valence electrons. The first-order valence-electron chi connectivity index (χ1n) is 6.04. The number of carbonyl (C=O) groups excluding carboxylic acids is 1. The molecular formula is C12H14F3N3O3. The summed E-state index contributed by atoms with van der Waals surface area (Å²) >= 11 is 0. The molecule has 1 aromatic rings. The van der Waals surface area contributed by atoms with E-state index in [9.17, 15) is 22.8 Å². The van der Waals surface area contributed by atoms with E-state index in [2.05, 4.69) is 15.6 Å². The molecule has 6 nitrogen and oxygen atoms in total. The number of pyridine rings is 1. The van der Waals surface area contributed by atoms with E-state index < -0.39 is 24.6 Å². The smallest absolute Gasteiger partial charge is 0.389 e. The van der Waals surface area contributed by atoms with Gasteiger partial charge >= 0.3 is 18.2 Å². The second kappa shape index (κ2) is 7.46. The molecule has 0 aliphatic heterocycles. The number of alkyl halides is 3. The third kappa shape index (κ3) is 7.75. The van der Waals surface area contributed by atoms with Crippen LogP contribution in [-0.4, -0.2) is 34.8 Å². The Labute approximate surface area is 118 Å². The highest BCUT2D eigenvalue weighted by Crippen LogP contribution is 2.20. The van der Waals surface area contributed by atoms with Crippen molar-refractivity contribution in [1.82, 2.24) is 10.3 Å². The van der Waals surface area contributed by atoms with E-state index >= 15 is 0 Å². The summed E-state index contributed by atoms with van der Waals surface area (Å²) in [5.74, 6) is -1.02. The summed E-state index contributed by atoms with van der Waals surface area (Å²) in [6.07, 6.45) is -4.36. The van der Waals surface area contributed by atoms with Gasteiger partial charge in [-0.05, 0) is 18.6 Å². The molecule has 0 saturated carbocycles. The van der Waals surface area contributed by atoms with Gasteiger partial charge in [0.1, 0.15) is 0 Å². The molecule has 0 saturated heterocycles.